The van der Waals surface area contributed by atoms with E-state index in [0.717, 1.165) is 0 Å². The van der Waals surface area contributed by atoms with E-state index in [1.54, 1.807) is 39.0 Å². The Bertz CT molecular complexity index is 473. The Kier molecular flexibility index (Phi) is 5.45. The van der Waals surface area contributed by atoms with Gasteiger partial charge in [0.25, 0.3) is 0 Å². The minimum Gasteiger partial charge on any atom is -0.444 e. The zero-order valence-electron chi connectivity index (χ0n) is 12.4. The number of benzene rings is 1. The third-order valence-corrected chi connectivity index (χ3v) is 3.39. The van der Waals surface area contributed by atoms with Crippen molar-refractivity contribution in [2.75, 3.05) is 5.75 Å². The molecule has 0 aliphatic rings. The zero-order chi connectivity index (χ0) is 15.4. The van der Waals surface area contributed by atoms with Crippen LogP contribution in [0.3, 0.4) is 0 Å². The minimum atomic E-state index is -0.673. The molecule has 1 N–H and O–H groups in total. The number of carbonyl (C=O) groups excluding carboxylic acids is 1. The Balaban J connectivity index is 2.77. The van der Waals surface area contributed by atoms with Crippen LogP contribution in [-0.4, -0.2) is 23.0 Å². The largest absolute Gasteiger partial charge is 0.444 e. The predicted molar refractivity (Wildman–Crippen MR) is 81.7 cm³/mol. The van der Waals surface area contributed by atoms with Crippen molar-refractivity contribution in [3.8, 4) is 0 Å². The molecule has 1 aromatic rings. The molecule has 0 aliphatic heterocycles. The van der Waals surface area contributed by atoms with Crippen LogP contribution in [0, 0.1) is 5.82 Å². The first-order valence-corrected chi connectivity index (χ1v) is 7.14. The van der Waals surface area contributed by atoms with E-state index in [1.165, 1.54) is 6.07 Å². The van der Waals surface area contributed by atoms with E-state index in [4.69, 9.17) is 4.74 Å². The number of nitrogens with one attached hydrogen (secondary N) is 1. The van der Waals surface area contributed by atoms with Gasteiger partial charge in [0, 0.05) is 5.75 Å². The summed E-state index contributed by atoms with van der Waals surface area (Å²) in [5.41, 5.74) is -0.701. The van der Waals surface area contributed by atoms with E-state index in [9.17, 15) is 9.18 Å². The maximum atomic E-state index is 13.7. The van der Waals surface area contributed by atoms with Crippen LogP contribution in [0.4, 0.5) is 9.18 Å². The summed E-state index contributed by atoms with van der Waals surface area (Å²) in [5, 5.41) is 2.77. The van der Waals surface area contributed by atoms with E-state index < -0.39 is 17.2 Å². The van der Waals surface area contributed by atoms with Gasteiger partial charge in [-0.2, -0.15) is 12.6 Å². The summed E-state index contributed by atoms with van der Waals surface area (Å²) in [4.78, 5) is 11.8. The number of hydrogen-bond acceptors (Lipinski definition) is 3. The summed E-state index contributed by atoms with van der Waals surface area (Å²) in [6.07, 6.45) is -0.173. The monoisotopic (exact) mass is 299 g/mol. The molecule has 0 bridgehead atoms. The van der Waals surface area contributed by atoms with Gasteiger partial charge in [0.1, 0.15) is 11.4 Å². The Morgan fingerprint density at radius 1 is 1.30 bits per heavy atom. The first kappa shape index (κ1) is 16.8. The quantitative estimate of drug-likeness (QED) is 0.834. The van der Waals surface area contributed by atoms with Crippen LogP contribution in [0.15, 0.2) is 24.3 Å². The van der Waals surface area contributed by atoms with E-state index >= 15 is 0 Å². The van der Waals surface area contributed by atoms with Crippen LogP contribution in [0.1, 0.15) is 33.3 Å². The number of halogens is 1. The lowest BCUT2D eigenvalue weighted by Gasteiger charge is -2.31. The number of hydrogen-bond donors (Lipinski definition) is 2. The van der Waals surface area contributed by atoms with Crippen LogP contribution in [0.2, 0.25) is 0 Å². The molecule has 20 heavy (non-hydrogen) atoms. The molecule has 0 aliphatic carbocycles. The highest BCUT2D eigenvalue weighted by atomic mass is 32.1. The standard InChI is InChI=1S/C15H22FNO2S/c1-14(2,3)19-13(18)17-15(4,10-20)9-11-7-5-6-8-12(11)16/h5-8,20H,9-10H2,1-4H3,(H,17,18). The Morgan fingerprint density at radius 2 is 1.90 bits per heavy atom. The topological polar surface area (TPSA) is 38.3 Å². The molecule has 5 heteroatoms. The van der Waals surface area contributed by atoms with Gasteiger partial charge in [-0.3, -0.25) is 0 Å². The molecule has 112 valence electrons. The minimum absolute atomic E-state index is 0.286. The summed E-state index contributed by atoms with van der Waals surface area (Å²) in [5.74, 6) is 0.0899. The zero-order valence-corrected chi connectivity index (χ0v) is 13.3. The lowest BCUT2D eigenvalue weighted by atomic mass is 9.94. The molecule has 0 saturated carbocycles. The van der Waals surface area contributed by atoms with Gasteiger partial charge in [-0.1, -0.05) is 18.2 Å². The third kappa shape index (κ3) is 5.41. The van der Waals surface area contributed by atoms with Gasteiger partial charge in [-0.15, -0.1) is 0 Å². The van der Waals surface area contributed by atoms with Crippen molar-refractivity contribution in [3.63, 3.8) is 0 Å². The van der Waals surface area contributed by atoms with Crippen molar-refractivity contribution in [3.05, 3.63) is 35.6 Å². The third-order valence-electron chi connectivity index (χ3n) is 2.69. The molecule has 0 heterocycles. The van der Waals surface area contributed by atoms with Gasteiger partial charge in [-0.05, 0) is 45.7 Å². The van der Waals surface area contributed by atoms with Crippen molar-refractivity contribution in [1.82, 2.24) is 5.32 Å². The summed E-state index contributed by atoms with van der Waals surface area (Å²) < 4.78 is 18.9. The van der Waals surface area contributed by atoms with E-state index in [1.807, 2.05) is 6.92 Å². The SMILES string of the molecule is CC(CS)(Cc1ccccc1F)NC(=O)OC(C)(C)C. The van der Waals surface area contributed by atoms with E-state index in [0.29, 0.717) is 17.7 Å². The first-order valence-electron chi connectivity index (χ1n) is 6.51. The summed E-state index contributed by atoms with van der Waals surface area (Å²) in [6, 6.07) is 6.51. The molecule has 0 saturated heterocycles. The average molecular weight is 299 g/mol. The number of ether oxygens (including phenoxy) is 1. The highest BCUT2D eigenvalue weighted by molar-refractivity contribution is 7.80. The molecule has 3 nitrogen and oxygen atoms in total. The Hall–Kier alpha value is -1.23. The number of alkyl carbamates (subject to hydrolysis) is 1. The fourth-order valence-electron chi connectivity index (χ4n) is 1.75. The lowest BCUT2D eigenvalue weighted by molar-refractivity contribution is 0.0474. The second kappa shape index (κ2) is 6.48. The molecule has 0 spiro atoms. The normalized spacial score (nSPS) is 14.5. The van der Waals surface area contributed by atoms with E-state index in [-0.39, 0.29) is 5.82 Å². The molecule has 0 aromatic heterocycles. The lowest BCUT2D eigenvalue weighted by Crippen LogP contribution is -2.51. The second-order valence-corrected chi connectivity index (χ2v) is 6.43. The molecule has 1 aromatic carbocycles. The molecule has 1 unspecified atom stereocenters. The van der Waals surface area contributed by atoms with Crippen molar-refractivity contribution >= 4 is 18.7 Å². The smallest absolute Gasteiger partial charge is 0.408 e. The van der Waals surface area contributed by atoms with Crippen LogP contribution >= 0.6 is 12.6 Å². The summed E-state index contributed by atoms with van der Waals surface area (Å²) in [6.45, 7) is 7.20. The van der Waals surface area contributed by atoms with Crippen molar-refractivity contribution in [1.29, 1.82) is 0 Å². The highest BCUT2D eigenvalue weighted by Gasteiger charge is 2.28. The van der Waals surface area contributed by atoms with Gasteiger partial charge in [0.05, 0.1) is 5.54 Å². The molecule has 0 radical (unpaired) electrons. The van der Waals surface area contributed by atoms with Crippen LogP contribution in [-0.2, 0) is 11.2 Å². The fourth-order valence-corrected chi connectivity index (χ4v) is 1.94. The number of thiol groups is 1. The number of rotatable bonds is 4. The number of carbonyl (C=O) groups is 1. The summed E-state index contributed by atoms with van der Waals surface area (Å²) >= 11 is 4.26. The fraction of sp³-hybridized carbons (Fsp3) is 0.533. The van der Waals surface area contributed by atoms with Crippen molar-refractivity contribution in [2.45, 2.75) is 45.3 Å². The van der Waals surface area contributed by atoms with Gasteiger partial charge < -0.3 is 10.1 Å². The maximum absolute atomic E-state index is 13.7. The maximum Gasteiger partial charge on any atom is 0.408 e. The summed E-state index contributed by atoms with van der Waals surface area (Å²) in [7, 11) is 0. The first-order chi connectivity index (χ1) is 9.15. The molecule has 1 atom stereocenters. The Labute approximate surface area is 125 Å². The van der Waals surface area contributed by atoms with E-state index in [2.05, 4.69) is 17.9 Å². The second-order valence-electron chi connectivity index (χ2n) is 6.11. The molecule has 1 amide bonds. The van der Waals surface area contributed by atoms with Crippen LogP contribution in [0.5, 0.6) is 0 Å². The van der Waals surface area contributed by atoms with Gasteiger partial charge in [0.15, 0.2) is 0 Å². The molecular weight excluding hydrogens is 277 g/mol. The van der Waals surface area contributed by atoms with Gasteiger partial charge >= 0.3 is 6.09 Å². The van der Waals surface area contributed by atoms with Gasteiger partial charge in [-0.25, -0.2) is 9.18 Å². The molecular formula is C15H22FNO2S. The average Bonchev–Trinajstić information content (AvgIpc) is 2.29. The van der Waals surface area contributed by atoms with Crippen molar-refractivity contribution < 1.29 is 13.9 Å². The predicted octanol–water partition coefficient (Wildman–Crippen LogP) is 3.58. The molecule has 1 rings (SSSR count). The highest BCUT2D eigenvalue weighted by Crippen LogP contribution is 2.18. The Morgan fingerprint density at radius 3 is 2.40 bits per heavy atom. The van der Waals surface area contributed by atoms with Crippen molar-refractivity contribution in [2.24, 2.45) is 0 Å². The van der Waals surface area contributed by atoms with Gasteiger partial charge in [0.2, 0.25) is 0 Å². The molecule has 0 fully saturated rings. The van der Waals surface area contributed by atoms with Crippen LogP contribution in [0.25, 0.3) is 0 Å². The number of amides is 1. The van der Waals surface area contributed by atoms with Crippen LogP contribution < -0.4 is 5.32 Å².